The molecule has 2 rings (SSSR count). The van der Waals surface area contributed by atoms with E-state index in [0.717, 1.165) is 17.0 Å². The number of hydrogen-bond donors (Lipinski definition) is 2. The highest BCUT2D eigenvalue weighted by atomic mass is 16.4. The molecule has 0 saturated carbocycles. The van der Waals surface area contributed by atoms with Crippen LogP contribution in [0.3, 0.4) is 0 Å². The molecule has 0 saturated heterocycles. The van der Waals surface area contributed by atoms with Crippen LogP contribution in [0.5, 0.6) is 0 Å². The van der Waals surface area contributed by atoms with Crippen molar-refractivity contribution in [3.8, 4) is 0 Å². The summed E-state index contributed by atoms with van der Waals surface area (Å²) in [4.78, 5) is 22.6. The Morgan fingerprint density at radius 3 is 2.33 bits per heavy atom. The van der Waals surface area contributed by atoms with Gasteiger partial charge in [-0.3, -0.25) is 4.79 Å². The molecule has 1 aromatic carbocycles. The topological polar surface area (TPSA) is 85.3 Å². The third kappa shape index (κ3) is 3.03. The lowest BCUT2D eigenvalue weighted by Gasteiger charge is -2.10. The van der Waals surface area contributed by atoms with Crippen molar-refractivity contribution in [2.24, 2.45) is 5.73 Å². The summed E-state index contributed by atoms with van der Waals surface area (Å²) in [6, 6.07) is 8.57. The summed E-state index contributed by atoms with van der Waals surface area (Å²) >= 11 is 0. The molecule has 3 N–H and O–H groups in total. The Hall–Kier alpha value is -2.40. The summed E-state index contributed by atoms with van der Waals surface area (Å²) in [5, 5.41) is 8.89. The van der Waals surface area contributed by atoms with E-state index in [1.807, 2.05) is 24.5 Å². The van der Waals surface area contributed by atoms with Crippen molar-refractivity contribution in [1.29, 1.82) is 0 Å². The van der Waals surface area contributed by atoms with Crippen molar-refractivity contribution in [2.75, 3.05) is 6.54 Å². The third-order valence-corrected chi connectivity index (χ3v) is 3.60. The van der Waals surface area contributed by atoms with E-state index < -0.39 is 5.97 Å². The predicted molar refractivity (Wildman–Crippen MR) is 79.8 cm³/mol. The summed E-state index contributed by atoms with van der Waals surface area (Å²) in [5.74, 6) is -1.01. The molecule has 0 fully saturated rings. The molecule has 0 atom stereocenters. The van der Waals surface area contributed by atoms with Crippen molar-refractivity contribution in [3.63, 3.8) is 0 Å². The lowest BCUT2D eigenvalue weighted by atomic mass is 10.1. The van der Waals surface area contributed by atoms with Gasteiger partial charge in [-0.1, -0.05) is 12.1 Å². The number of benzene rings is 1. The minimum atomic E-state index is -0.939. The number of ketones is 1. The summed E-state index contributed by atoms with van der Waals surface area (Å²) in [6.45, 7) is 4.42. The van der Waals surface area contributed by atoms with Crippen LogP contribution >= 0.6 is 0 Å². The van der Waals surface area contributed by atoms with Gasteiger partial charge in [-0.2, -0.15) is 0 Å². The fourth-order valence-electron chi connectivity index (χ4n) is 2.37. The molecular weight excluding hydrogens is 268 g/mol. The number of aromatic nitrogens is 1. The Morgan fingerprint density at radius 2 is 1.81 bits per heavy atom. The Morgan fingerprint density at radius 1 is 1.19 bits per heavy atom. The SMILES string of the molecule is Cc1cc(C(=O)CN)c(C)n1Cc1ccc(C(=O)O)cc1. The van der Waals surface area contributed by atoms with E-state index in [0.29, 0.717) is 12.1 Å². The minimum absolute atomic E-state index is 0.00238. The lowest BCUT2D eigenvalue weighted by molar-refractivity contribution is 0.0696. The van der Waals surface area contributed by atoms with E-state index in [2.05, 4.69) is 0 Å². The third-order valence-electron chi connectivity index (χ3n) is 3.60. The fourth-order valence-corrected chi connectivity index (χ4v) is 2.37. The van der Waals surface area contributed by atoms with Gasteiger partial charge in [0.05, 0.1) is 12.1 Å². The van der Waals surface area contributed by atoms with Crippen LogP contribution in [0.2, 0.25) is 0 Å². The molecule has 5 heteroatoms. The quantitative estimate of drug-likeness (QED) is 0.823. The van der Waals surface area contributed by atoms with Crippen molar-refractivity contribution < 1.29 is 14.7 Å². The van der Waals surface area contributed by atoms with Crippen LogP contribution in [0.15, 0.2) is 30.3 Å². The van der Waals surface area contributed by atoms with Gasteiger partial charge < -0.3 is 15.4 Å². The molecule has 0 aliphatic rings. The first kappa shape index (κ1) is 15.0. The van der Waals surface area contributed by atoms with Crippen LogP contribution in [0, 0.1) is 13.8 Å². The number of carboxylic acid groups (broad SMARTS) is 1. The maximum atomic E-state index is 11.8. The maximum absolute atomic E-state index is 11.8. The van der Waals surface area contributed by atoms with E-state index in [9.17, 15) is 9.59 Å². The molecule has 1 heterocycles. The van der Waals surface area contributed by atoms with Gasteiger partial charge in [-0.15, -0.1) is 0 Å². The average Bonchev–Trinajstić information content (AvgIpc) is 2.75. The van der Waals surface area contributed by atoms with E-state index >= 15 is 0 Å². The Labute approximate surface area is 123 Å². The van der Waals surface area contributed by atoms with Crippen LogP contribution in [0.4, 0.5) is 0 Å². The number of nitrogens with zero attached hydrogens (tertiary/aromatic N) is 1. The van der Waals surface area contributed by atoms with Crippen LogP contribution in [0.25, 0.3) is 0 Å². The Bertz CT molecular complexity index is 684. The summed E-state index contributed by atoms with van der Waals surface area (Å²) in [6.07, 6.45) is 0. The van der Waals surface area contributed by atoms with Crippen LogP contribution < -0.4 is 5.73 Å². The number of carbonyl (C=O) groups is 2. The van der Waals surface area contributed by atoms with E-state index in [-0.39, 0.29) is 17.9 Å². The zero-order valence-electron chi connectivity index (χ0n) is 12.1. The fraction of sp³-hybridized carbons (Fsp3) is 0.250. The van der Waals surface area contributed by atoms with Gasteiger partial charge in [0.15, 0.2) is 5.78 Å². The van der Waals surface area contributed by atoms with Crippen molar-refractivity contribution >= 4 is 11.8 Å². The Balaban J connectivity index is 2.29. The molecule has 110 valence electrons. The highest BCUT2D eigenvalue weighted by Crippen LogP contribution is 2.18. The van der Waals surface area contributed by atoms with Crippen LogP contribution in [0.1, 0.15) is 37.7 Å². The zero-order valence-corrected chi connectivity index (χ0v) is 12.1. The summed E-state index contributed by atoms with van der Waals surface area (Å²) < 4.78 is 2.03. The van der Waals surface area contributed by atoms with Gasteiger partial charge in [0.1, 0.15) is 0 Å². The first-order valence-electron chi connectivity index (χ1n) is 6.66. The van der Waals surface area contributed by atoms with Gasteiger partial charge in [-0.25, -0.2) is 4.79 Å². The minimum Gasteiger partial charge on any atom is -0.478 e. The van der Waals surface area contributed by atoms with Gasteiger partial charge in [0, 0.05) is 23.5 Å². The number of carbonyl (C=O) groups excluding carboxylic acids is 1. The smallest absolute Gasteiger partial charge is 0.335 e. The molecule has 5 nitrogen and oxygen atoms in total. The molecule has 0 radical (unpaired) electrons. The van der Waals surface area contributed by atoms with Gasteiger partial charge >= 0.3 is 5.97 Å². The summed E-state index contributed by atoms with van der Waals surface area (Å²) in [7, 11) is 0. The molecular formula is C16H18N2O3. The van der Waals surface area contributed by atoms with E-state index in [4.69, 9.17) is 10.8 Å². The Kier molecular flexibility index (Phi) is 4.23. The highest BCUT2D eigenvalue weighted by Gasteiger charge is 2.14. The number of Topliss-reactive ketones (excluding diaryl/α,β-unsaturated/α-hetero) is 1. The van der Waals surface area contributed by atoms with Crippen molar-refractivity contribution in [1.82, 2.24) is 4.57 Å². The standard InChI is InChI=1S/C16H18N2O3/c1-10-7-14(15(19)8-17)11(2)18(10)9-12-3-5-13(6-4-12)16(20)21/h3-7H,8-9,17H2,1-2H3,(H,20,21). The van der Waals surface area contributed by atoms with Gasteiger partial charge in [0.25, 0.3) is 0 Å². The first-order valence-corrected chi connectivity index (χ1v) is 6.66. The lowest BCUT2D eigenvalue weighted by Crippen LogP contribution is -2.14. The molecule has 0 unspecified atom stereocenters. The second-order valence-electron chi connectivity index (χ2n) is 5.00. The number of carboxylic acids is 1. The molecule has 21 heavy (non-hydrogen) atoms. The van der Waals surface area contributed by atoms with Crippen LogP contribution in [-0.2, 0) is 6.54 Å². The maximum Gasteiger partial charge on any atom is 0.335 e. The number of hydrogen-bond acceptors (Lipinski definition) is 3. The molecule has 0 bridgehead atoms. The van der Waals surface area contributed by atoms with Gasteiger partial charge in [0.2, 0.25) is 0 Å². The second-order valence-corrected chi connectivity index (χ2v) is 5.00. The molecule has 0 aliphatic heterocycles. The van der Waals surface area contributed by atoms with E-state index in [1.165, 1.54) is 0 Å². The van der Waals surface area contributed by atoms with Crippen molar-refractivity contribution in [2.45, 2.75) is 20.4 Å². The number of aryl methyl sites for hydroxylation is 1. The first-order chi connectivity index (χ1) is 9.93. The van der Waals surface area contributed by atoms with E-state index in [1.54, 1.807) is 24.3 Å². The number of rotatable bonds is 5. The molecule has 0 aliphatic carbocycles. The average molecular weight is 286 g/mol. The van der Waals surface area contributed by atoms with Crippen molar-refractivity contribution in [3.05, 3.63) is 58.4 Å². The number of aromatic carboxylic acids is 1. The second kappa shape index (κ2) is 5.93. The highest BCUT2D eigenvalue weighted by molar-refractivity contribution is 5.98. The molecule has 1 aromatic heterocycles. The zero-order chi connectivity index (χ0) is 15.6. The summed E-state index contributed by atoms with van der Waals surface area (Å²) in [5.41, 5.74) is 9.17. The molecule has 0 spiro atoms. The normalized spacial score (nSPS) is 10.6. The number of nitrogens with two attached hydrogens (primary N) is 1. The monoisotopic (exact) mass is 286 g/mol. The molecule has 0 amide bonds. The predicted octanol–water partition coefficient (Wildman–Crippen LogP) is 1.99. The largest absolute Gasteiger partial charge is 0.478 e. The molecule has 2 aromatic rings. The van der Waals surface area contributed by atoms with Gasteiger partial charge in [-0.05, 0) is 37.6 Å². The van der Waals surface area contributed by atoms with Crippen LogP contribution in [-0.4, -0.2) is 28.0 Å².